The van der Waals surface area contributed by atoms with Gasteiger partial charge in [-0.3, -0.25) is 0 Å². The second-order valence-corrected chi connectivity index (χ2v) is 4.68. The van der Waals surface area contributed by atoms with Gasteiger partial charge in [-0.2, -0.15) is 0 Å². The lowest BCUT2D eigenvalue weighted by molar-refractivity contribution is 0.458. The maximum Gasteiger partial charge on any atom is 0.189 e. The minimum Gasteiger partial charge on any atom is -0.495 e. The molecule has 0 amide bonds. The normalized spacial score (nSPS) is 10.5. The number of aromatic hydroxyl groups is 1. The Kier molecular flexibility index (Phi) is 3.52. The molecule has 3 N–H and O–H groups in total. The van der Waals surface area contributed by atoms with E-state index < -0.39 is 0 Å². The molecule has 4 rings (SSSR count). The van der Waals surface area contributed by atoms with Crippen LogP contribution in [0.15, 0.2) is 48.9 Å². The Hall–Kier alpha value is -2.86. The second-order valence-electron chi connectivity index (χ2n) is 4.68. The van der Waals surface area contributed by atoms with Crippen LogP contribution in [0.5, 0.6) is 5.88 Å². The van der Waals surface area contributed by atoms with Crippen LogP contribution in [-0.4, -0.2) is 25.0 Å². The summed E-state index contributed by atoms with van der Waals surface area (Å²) in [4.78, 5) is 15.5. The van der Waals surface area contributed by atoms with E-state index in [1.165, 1.54) is 6.33 Å². The van der Waals surface area contributed by atoms with Crippen molar-refractivity contribution in [3.05, 3.63) is 48.9 Å². The zero-order chi connectivity index (χ0) is 14.2. The van der Waals surface area contributed by atoms with Crippen LogP contribution in [0.2, 0.25) is 0 Å². The molecule has 4 aromatic rings. The fourth-order valence-electron chi connectivity index (χ4n) is 2.33. The van der Waals surface area contributed by atoms with Crippen LogP contribution in [0, 0.1) is 0 Å². The molecule has 0 saturated heterocycles. The summed E-state index contributed by atoms with van der Waals surface area (Å²) in [6.45, 7) is 0. The molecule has 0 radical (unpaired) electrons. The predicted molar refractivity (Wildman–Crippen MR) is 87.8 cm³/mol. The van der Waals surface area contributed by atoms with Gasteiger partial charge in [0.2, 0.25) is 0 Å². The lowest BCUT2D eigenvalue weighted by Gasteiger charge is -2.07. The smallest absolute Gasteiger partial charge is 0.189 e. The highest BCUT2D eigenvalue weighted by molar-refractivity contribution is 5.90. The third kappa shape index (κ3) is 2.40. The molecule has 0 aliphatic heterocycles. The Morgan fingerprint density at radius 1 is 1.05 bits per heavy atom. The molecule has 0 spiro atoms. The van der Waals surface area contributed by atoms with Crippen LogP contribution >= 0.6 is 12.4 Å². The summed E-state index contributed by atoms with van der Waals surface area (Å²) in [6, 6.07) is 11.2. The van der Waals surface area contributed by atoms with Gasteiger partial charge in [-0.15, -0.1) is 12.4 Å². The first kappa shape index (κ1) is 14.1. The van der Waals surface area contributed by atoms with E-state index in [9.17, 15) is 5.11 Å². The number of fused-ring (bicyclic) bond motifs is 2. The molecule has 7 heteroatoms. The van der Waals surface area contributed by atoms with E-state index in [2.05, 4.69) is 25.3 Å². The van der Waals surface area contributed by atoms with Crippen molar-refractivity contribution in [1.82, 2.24) is 19.9 Å². The van der Waals surface area contributed by atoms with Crippen molar-refractivity contribution in [2.45, 2.75) is 0 Å². The molecule has 110 valence electrons. The van der Waals surface area contributed by atoms with Gasteiger partial charge in [0.05, 0.1) is 5.39 Å². The van der Waals surface area contributed by atoms with Crippen LogP contribution < -0.4 is 5.32 Å². The Morgan fingerprint density at radius 2 is 1.95 bits per heavy atom. The van der Waals surface area contributed by atoms with Crippen LogP contribution in [0.1, 0.15) is 0 Å². The number of H-pyrrole nitrogens is 1. The van der Waals surface area contributed by atoms with Crippen LogP contribution in [0.4, 0.5) is 11.5 Å². The van der Waals surface area contributed by atoms with E-state index >= 15 is 0 Å². The highest BCUT2D eigenvalue weighted by Gasteiger charge is 2.05. The summed E-state index contributed by atoms with van der Waals surface area (Å²) in [5.41, 5.74) is 2.41. The van der Waals surface area contributed by atoms with Crippen molar-refractivity contribution in [2.24, 2.45) is 0 Å². The molecule has 0 bridgehead atoms. The monoisotopic (exact) mass is 313 g/mol. The Bertz CT molecular complexity index is 948. The molecule has 3 heterocycles. The maximum atomic E-state index is 9.47. The molecule has 6 nitrogen and oxygen atoms in total. The first-order chi connectivity index (χ1) is 10.3. The van der Waals surface area contributed by atoms with E-state index in [0.29, 0.717) is 11.5 Å². The second kappa shape index (κ2) is 5.50. The lowest BCUT2D eigenvalue weighted by atomic mass is 10.2. The molecule has 0 aliphatic rings. The standard InChI is InChI=1S/C15H11N5O.ClH/c21-13-7-9-6-10(3-4-12(9)20-13)19-15-11-2-1-5-16-14(11)17-8-18-15;/h1-8,20-21H,(H,16,17,18,19);1H. The van der Waals surface area contributed by atoms with Gasteiger partial charge < -0.3 is 15.4 Å². The Labute approximate surface area is 131 Å². The van der Waals surface area contributed by atoms with E-state index in [1.54, 1.807) is 12.3 Å². The molecule has 0 aliphatic carbocycles. The molecule has 0 atom stereocenters. The fraction of sp³-hybridized carbons (Fsp3) is 0. The quantitative estimate of drug-likeness (QED) is 0.528. The first-order valence-electron chi connectivity index (χ1n) is 6.44. The topological polar surface area (TPSA) is 86.7 Å². The van der Waals surface area contributed by atoms with Crippen LogP contribution in [0.25, 0.3) is 21.9 Å². The number of aromatic amines is 1. The summed E-state index contributed by atoms with van der Waals surface area (Å²) >= 11 is 0. The van der Waals surface area contributed by atoms with E-state index in [4.69, 9.17) is 0 Å². The van der Waals surface area contributed by atoms with Crippen molar-refractivity contribution in [3.8, 4) is 5.88 Å². The van der Waals surface area contributed by atoms with E-state index in [1.807, 2.05) is 30.3 Å². The van der Waals surface area contributed by atoms with Crippen LogP contribution in [-0.2, 0) is 0 Å². The third-order valence-electron chi connectivity index (χ3n) is 3.28. The van der Waals surface area contributed by atoms with Crippen molar-refractivity contribution >= 4 is 45.8 Å². The summed E-state index contributed by atoms with van der Waals surface area (Å²) < 4.78 is 0. The number of hydrogen-bond acceptors (Lipinski definition) is 5. The summed E-state index contributed by atoms with van der Waals surface area (Å²) in [5, 5.41) is 14.5. The number of nitrogens with zero attached hydrogens (tertiary/aromatic N) is 3. The molecule has 22 heavy (non-hydrogen) atoms. The SMILES string of the molecule is Cl.Oc1cc2cc(Nc3ncnc4ncccc34)ccc2[nH]1. The minimum absolute atomic E-state index is 0. The molecule has 1 aromatic carbocycles. The first-order valence-corrected chi connectivity index (χ1v) is 6.44. The molecule has 0 unspecified atom stereocenters. The zero-order valence-electron chi connectivity index (χ0n) is 11.3. The van der Waals surface area contributed by atoms with Gasteiger partial charge >= 0.3 is 0 Å². The number of halogens is 1. The lowest BCUT2D eigenvalue weighted by Crippen LogP contribution is -1.96. The fourth-order valence-corrected chi connectivity index (χ4v) is 2.33. The molecular weight excluding hydrogens is 302 g/mol. The average molecular weight is 314 g/mol. The van der Waals surface area contributed by atoms with Gasteiger partial charge in [-0.05, 0) is 30.3 Å². The summed E-state index contributed by atoms with van der Waals surface area (Å²) in [6.07, 6.45) is 3.19. The molecule has 3 aromatic heterocycles. The maximum absolute atomic E-state index is 9.47. The number of aromatic nitrogens is 4. The van der Waals surface area contributed by atoms with Crippen molar-refractivity contribution in [1.29, 1.82) is 0 Å². The van der Waals surface area contributed by atoms with Gasteiger partial charge in [0.15, 0.2) is 11.5 Å². The molecular formula is C15H12ClN5O. The number of pyridine rings is 1. The number of benzene rings is 1. The summed E-state index contributed by atoms with van der Waals surface area (Å²) in [5.74, 6) is 0.853. The highest BCUT2D eigenvalue weighted by atomic mass is 35.5. The van der Waals surface area contributed by atoms with Crippen molar-refractivity contribution < 1.29 is 5.11 Å². The number of hydrogen-bond donors (Lipinski definition) is 3. The predicted octanol–water partition coefficient (Wildman–Crippen LogP) is 3.38. The average Bonchev–Trinajstić information content (AvgIpc) is 2.87. The Balaban J connectivity index is 0.00000144. The number of nitrogens with one attached hydrogen (secondary N) is 2. The van der Waals surface area contributed by atoms with E-state index in [-0.39, 0.29) is 18.3 Å². The van der Waals surface area contributed by atoms with E-state index in [0.717, 1.165) is 22.0 Å². The minimum atomic E-state index is 0. The van der Waals surface area contributed by atoms with Crippen molar-refractivity contribution in [3.63, 3.8) is 0 Å². The third-order valence-corrected chi connectivity index (χ3v) is 3.28. The van der Waals surface area contributed by atoms with Gasteiger partial charge in [-0.25, -0.2) is 15.0 Å². The van der Waals surface area contributed by atoms with Crippen LogP contribution in [0.3, 0.4) is 0 Å². The zero-order valence-corrected chi connectivity index (χ0v) is 12.1. The van der Waals surface area contributed by atoms with Gasteiger partial charge in [-0.1, -0.05) is 0 Å². The summed E-state index contributed by atoms with van der Waals surface area (Å²) in [7, 11) is 0. The van der Waals surface area contributed by atoms with Gasteiger partial charge in [0, 0.05) is 28.9 Å². The van der Waals surface area contributed by atoms with Gasteiger partial charge in [0.1, 0.15) is 12.1 Å². The number of anilines is 2. The largest absolute Gasteiger partial charge is 0.495 e. The Morgan fingerprint density at radius 3 is 2.86 bits per heavy atom. The number of rotatable bonds is 2. The molecule has 0 saturated carbocycles. The molecule has 0 fully saturated rings. The van der Waals surface area contributed by atoms with Crippen molar-refractivity contribution in [2.75, 3.05) is 5.32 Å². The van der Waals surface area contributed by atoms with Gasteiger partial charge in [0.25, 0.3) is 0 Å². The highest BCUT2D eigenvalue weighted by Crippen LogP contribution is 2.26.